The van der Waals surface area contributed by atoms with Crippen molar-refractivity contribution in [3.05, 3.63) is 53.2 Å². The standard InChI is InChI=1S/C16H16ClN3O5/c1-20(9-13(21)19-8-11-4-3-7-24-11)14(22)10-25-16(23)12-5-2-6-18-15(12)17/h2-7H,8-10H2,1H3,(H,19,21). The Morgan fingerprint density at radius 2 is 2.12 bits per heavy atom. The molecule has 2 rings (SSSR count). The van der Waals surface area contributed by atoms with Gasteiger partial charge in [-0.3, -0.25) is 9.59 Å². The minimum atomic E-state index is -0.762. The highest BCUT2D eigenvalue weighted by atomic mass is 35.5. The molecule has 0 saturated carbocycles. The van der Waals surface area contributed by atoms with Gasteiger partial charge in [-0.2, -0.15) is 0 Å². The summed E-state index contributed by atoms with van der Waals surface area (Å²) < 4.78 is 9.98. The molecule has 9 heteroatoms. The van der Waals surface area contributed by atoms with E-state index in [0.717, 1.165) is 4.90 Å². The van der Waals surface area contributed by atoms with Crippen molar-refractivity contribution in [1.82, 2.24) is 15.2 Å². The Balaban J connectivity index is 1.75. The van der Waals surface area contributed by atoms with Gasteiger partial charge < -0.3 is 19.4 Å². The average Bonchev–Trinajstić information content (AvgIpc) is 3.11. The van der Waals surface area contributed by atoms with Gasteiger partial charge >= 0.3 is 5.97 Å². The highest BCUT2D eigenvalue weighted by Crippen LogP contribution is 2.12. The lowest BCUT2D eigenvalue weighted by atomic mass is 10.3. The number of likely N-dealkylation sites (N-methyl/N-ethyl adjacent to an activating group) is 1. The number of hydrogen-bond donors (Lipinski definition) is 1. The van der Waals surface area contributed by atoms with Gasteiger partial charge in [0.1, 0.15) is 10.9 Å². The summed E-state index contributed by atoms with van der Waals surface area (Å²) in [5.41, 5.74) is 0.0656. The number of aromatic nitrogens is 1. The van der Waals surface area contributed by atoms with Crippen molar-refractivity contribution in [3.63, 3.8) is 0 Å². The maximum atomic E-state index is 11.9. The summed E-state index contributed by atoms with van der Waals surface area (Å²) in [6.45, 7) is -0.459. The van der Waals surface area contributed by atoms with Gasteiger partial charge in [0.15, 0.2) is 6.61 Å². The van der Waals surface area contributed by atoms with Crippen LogP contribution in [0.4, 0.5) is 0 Å². The van der Waals surface area contributed by atoms with Crippen LogP contribution in [-0.2, 0) is 20.9 Å². The van der Waals surface area contributed by atoms with E-state index < -0.39 is 18.5 Å². The number of furan rings is 1. The molecule has 0 aliphatic heterocycles. The molecule has 2 heterocycles. The van der Waals surface area contributed by atoms with Gasteiger partial charge in [-0.05, 0) is 24.3 Å². The lowest BCUT2D eigenvalue weighted by Crippen LogP contribution is -2.39. The van der Waals surface area contributed by atoms with Crippen LogP contribution in [-0.4, -0.2) is 47.9 Å². The molecule has 0 bridgehead atoms. The van der Waals surface area contributed by atoms with Crippen molar-refractivity contribution in [2.45, 2.75) is 6.54 Å². The first-order valence-electron chi connectivity index (χ1n) is 7.28. The van der Waals surface area contributed by atoms with Crippen molar-refractivity contribution in [2.24, 2.45) is 0 Å². The summed E-state index contributed by atoms with van der Waals surface area (Å²) in [7, 11) is 1.43. The van der Waals surface area contributed by atoms with Gasteiger partial charge in [-0.1, -0.05) is 11.6 Å². The maximum absolute atomic E-state index is 11.9. The minimum Gasteiger partial charge on any atom is -0.467 e. The van der Waals surface area contributed by atoms with Gasteiger partial charge in [-0.15, -0.1) is 0 Å². The molecule has 0 atom stereocenters. The van der Waals surface area contributed by atoms with Crippen LogP contribution in [0.5, 0.6) is 0 Å². The Labute approximate surface area is 148 Å². The van der Waals surface area contributed by atoms with Crippen LogP contribution in [0.3, 0.4) is 0 Å². The van der Waals surface area contributed by atoms with Crippen molar-refractivity contribution in [3.8, 4) is 0 Å². The fraction of sp³-hybridized carbons (Fsp3) is 0.250. The zero-order valence-corrected chi connectivity index (χ0v) is 14.2. The summed E-state index contributed by atoms with van der Waals surface area (Å²) in [5, 5.41) is 2.60. The number of nitrogens with one attached hydrogen (secondary N) is 1. The smallest absolute Gasteiger partial charge is 0.341 e. The van der Waals surface area contributed by atoms with Gasteiger partial charge in [0.05, 0.1) is 24.9 Å². The SMILES string of the molecule is CN(CC(=O)NCc1ccco1)C(=O)COC(=O)c1cccnc1Cl. The number of rotatable bonds is 7. The van der Waals surface area contributed by atoms with Crippen molar-refractivity contribution in [2.75, 3.05) is 20.2 Å². The maximum Gasteiger partial charge on any atom is 0.341 e. The molecule has 0 radical (unpaired) electrons. The number of esters is 1. The van der Waals surface area contributed by atoms with E-state index in [2.05, 4.69) is 10.3 Å². The second-order valence-corrected chi connectivity index (χ2v) is 5.38. The molecule has 0 aliphatic carbocycles. The Hall–Kier alpha value is -2.87. The molecule has 2 aromatic rings. The van der Waals surface area contributed by atoms with Gasteiger partial charge in [0, 0.05) is 13.2 Å². The molecule has 0 aliphatic rings. The number of halogens is 1. The topological polar surface area (TPSA) is 102 Å². The van der Waals surface area contributed by atoms with E-state index in [1.54, 1.807) is 12.1 Å². The van der Waals surface area contributed by atoms with E-state index in [-0.39, 0.29) is 29.7 Å². The minimum absolute atomic E-state index is 0.00870. The molecule has 0 saturated heterocycles. The zero-order valence-electron chi connectivity index (χ0n) is 13.4. The molecule has 0 fully saturated rings. The van der Waals surface area contributed by atoms with Crippen molar-refractivity contribution < 1.29 is 23.5 Å². The first-order valence-corrected chi connectivity index (χ1v) is 7.66. The third kappa shape index (κ3) is 5.61. The van der Waals surface area contributed by atoms with Gasteiger partial charge in [0.25, 0.3) is 5.91 Å². The Kier molecular flexibility index (Phi) is 6.53. The molecule has 2 aromatic heterocycles. The summed E-state index contributed by atoms with van der Waals surface area (Å²) in [6, 6.07) is 6.39. The third-order valence-corrected chi connectivity index (χ3v) is 3.45. The molecule has 0 unspecified atom stereocenters. The van der Waals surface area contributed by atoms with E-state index in [1.165, 1.54) is 31.6 Å². The summed E-state index contributed by atoms with van der Waals surface area (Å²) in [4.78, 5) is 40.5. The molecule has 1 N–H and O–H groups in total. The van der Waals surface area contributed by atoms with E-state index >= 15 is 0 Å². The van der Waals surface area contributed by atoms with E-state index in [4.69, 9.17) is 20.8 Å². The quantitative estimate of drug-likeness (QED) is 0.585. The zero-order chi connectivity index (χ0) is 18.2. The fourth-order valence-corrected chi connectivity index (χ4v) is 2.01. The summed E-state index contributed by atoms with van der Waals surface area (Å²) in [5.74, 6) is -1.05. The molecule has 0 spiro atoms. The average molecular weight is 366 g/mol. The molecule has 25 heavy (non-hydrogen) atoms. The lowest BCUT2D eigenvalue weighted by Gasteiger charge is -2.16. The van der Waals surface area contributed by atoms with Crippen LogP contribution in [0, 0.1) is 0 Å². The fourth-order valence-electron chi connectivity index (χ4n) is 1.81. The predicted octanol–water partition coefficient (Wildman–Crippen LogP) is 1.26. The van der Waals surface area contributed by atoms with Crippen LogP contribution >= 0.6 is 11.6 Å². The van der Waals surface area contributed by atoms with Crippen LogP contribution in [0.25, 0.3) is 0 Å². The predicted molar refractivity (Wildman–Crippen MR) is 87.7 cm³/mol. The van der Waals surface area contributed by atoms with Crippen LogP contribution < -0.4 is 5.32 Å². The third-order valence-electron chi connectivity index (χ3n) is 3.15. The van der Waals surface area contributed by atoms with E-state index in [9.17, 15) is 14.4 Å². The summed E-state index contributed by atoms with van der Waals surface area (Å²) in [6.07, 6.45) is 2.93. The Morgan fingerprint density at radius 1 is 1.32 bits per heavy atom. The largest absolute Gasteiger partial charge is 0.467 e. The van der Waals surface area contributed by atoms with Crippen LogP contribution in [0.1, 0.15) is 16.1 Å². The molecule has 8 nitrogen and oxygen atoms in total. The normalized spacial score (nSPS) is 10.2. The number of carbonyl (C=O) groups excluding carboxylic acids is 3. The van der Waals surface area contributed by atoms with Gasteiger partial charge in [-0.25, -0.2) is 9.78 Å². The first kappa shape index (κ1) is 18.5. The Bertz CT molecular complexity index is 748. The Morgan fingerprint density at radius 3 is 2.80 bits per heavy atom. The molecule has 2 amide bonds. The number of carbonyl (C=O) groups is 3. The van der Waals surface area contributed by atoms with Crippen LogP contribution in [0.2, 0.25) is 5.15 Å². The molecule has 0 aromatic carbocycles. The number of pyridine rings is 1. The monoisotopic (exact) mass is 365 g/mol. The number of hydrogen-bond acceptors (Lipinski definition) is 6. The number of ether oxygens (including phenoxy) is 1. The van der Waals surface area contributed by atoms with Crippen molar-refractivity contribution >= 4 is 29.4 Å². The number of nitrogens with zero attached hydrogens (tertiary/aromatic N) is 2. The summed E-state index contributed by atoms with van der Waals surface area (Å²) >= 11 is 5.77. The lowest BCUT2D eigenvalue weighted by molar-refractivity contribution is -0.137. The highest BCUT2D eigenvalue weighted by molar-refractivity contribution is 6.32. The number of amides is 2. The van der Waals surface area contributed by atoms with E-state index in [0.29, 0.717) is 5.76 Å². The van der Waals surface area contributed by atoms with Crippen molar-refractivity contribution in [1.29, 1.82) is 0 Å². The van der Waals surface area contributed by atoms with E-state index in [1.807, 2.05) is 0 Å². The highest BCUT2D eigenvalue weighted by Gasteiger charge is 2.17. The second kappa shape index (κ2) is 8.84. The van der Waals surface area contributed by atoms with Crippen LogP contribution in [0.15, 0.2) is 41.1 Å². The molecular formula is C16H16ClN3O5. The first-order chi connectivity index (χ1) is 12.0. The van der Waals surface area contributed by atoms with Gasteiger partial charge in [0.2, 0.25) is 5.91 Å². The molecular weight excluding hydrogens is 350 g/mol. The molecule has 132 valence electrons. The second-order valence-electron chi connectivity index (χ2n) is 5.02.